The Hall–Kier alpha value is -0.560. The van der Waals surface area contributed by atoms with Crippen molar-refractivity contribution >= 4 is 34.1 Å². The third-order valence-electron chi connectivity index (χ3n) is 2.48. The van der Waals surface area contributed by atoms with Crippen molar-refractivity contribution in [2.45, 2.75) is 25.7 Å². The van der Waals surface area contributed by atoms with E-state index >= 15 is 0 Å². The average Bonchev–Trinajstić information content (AvgIpc) is 2.28. The summed E-state index contributed by atoms with van der Waals surface area (Å²) in [5, 5.41) is 31.9. The van der Waals surface area contributed by atoms with Crippen LogP contribution < -0.4 is 0 Å². The van der Waals surface area contributed by atoms with Crippen LogP contribution in [0.2, 0.25) is 0 Å². The highest BCUT2D eigenvalue weighted by Crippen LogP contribution is 2.27. The number of halogens is 2. The van der Waals surface area contributed by atoms with E-state index in [0.717, 1.165) is 25.7 Å². The molecule has 8 heteroatoms. The lowest BCUT2D eigenvalue weighted by Crippen LogP contribution is -2.19. The molecule has 0 saturated heterocycles. The first-order valence-corrected chi connectivity index (χ1v) is 6.07. The van der Waals surface area contributed by atoms with Crippen LogP contribution in [-0.4, -0.2) is 44.5 Å². The molecule has 1 aliphatic carbocycles. The second-order valence-electron chi connectivity index (χ2n) is 3.76. The van der Waals surface area contributed by atoms with Gasteiger partial charge in [-0.1, -0.05) is 0 Å². The lowest BCUT2D eigenvalue weighted by molar-refractivity contribution is 0.131. The predicted octanol–water partition coefficient (Wildman–Crippen LogP) is 2.58. The molecule has 0 unspecified atom stereocenters. The zero-order chi connectivity index (χ0) is 14.6. The van der Waals surface area contributed by atoms with Crippen molar-refractivity contribution in [3.63, 3.8) is 0 Å². The van der Waals surface area contributed by atoms with Gasteiger partial charge in [-0.3, -0.25) is 0 Å². The normalized spacial score (nSPS) is 21.8. The molecule has 1 rings (SSSR count). The molecular weight excluding hydrogens is 287 g/mol. The van der Waals surface area contributed by atoms with Crippen LogP contribution in [0.3, 0.4) is 0 Å². The maximum atomic E-state index is 8.79. The molecule has 0 aliphatic heterocycles. The molecule has 0 bridgehead atoms. The number of carboxylic acid groups (broad SMARTS) is 2. The molecule has 4 N–H and O–H groups in total. The predicted molar refractivity (Wildman–Crippen MR) is 67.4 cm³/mol. The van der Waals surface area contributed by atoms with Crippen molar-refractivity contribution in [1.82, 2.24) is 0 Å². The highest BCUT2D eigenvalue weighted by molar-refractivity contribution is 6.60. The summed E-state index contributed by atoms with van der Waals surface area (Å²) < 4.78 is 0. The van der Waals surface area contributed by atoms with Gasteiger partial charge in [0.05, 0.1) is 0 Å². The first-order chi connectivity index (χ1) is 8.33. The summed E-state index contributed by atoms with van der Waals surface area (Å²) in [7, 11) is 0. The highest BCUT2D eigenvalue weighted by Gasteiger charge is 2.19. The van der Waals surface area contributed by atoms with Gasteiger partial charge in [0, 0.05) is 36.4 Å². The van der Waals surface area contributed by atoms with Crippen molar-refractivity contribution in [2.24, 2.45) is 11.8 Å². The van der Waals surface area contributed by atoms with Crippen LogP contribution >= 0.6 is 23.2 Å². The Bertz CT molecular complexity index is 196. The fraction of sp³-hybridized carbons (Fsp3) is 0.800. The van der Waals surface area contributed by atoms with E-state index in [1.54, 1.807) is 0 Å². The summed E-state index contributed by atoms with van der Waals surface area (Å²) in [5.41, 5.74) is -2.72. The summed E-state index contributed by atoms with van der Waals surface area (Å²) in [6, 6.07) is 0. The Kier molecular flexibility index (Phi) is 14.2. The standard InChI is InChI=1S/C8H16O2.2CHClO2/c9-5-7-1-2-8(6-10)4-3-7;2*2-1(3)4/h7-10H,1-6H2;2*(H,3,4). The van der Waals surface area contributed by atoms with Gasteiger partial charge in [0.15, 0.2) is 0 Å². The Morgan fingerprint density at radius 3 is 1.11 bits per heavy atom. The van der Waals surface area contributed by atoms with Crippen LogP contribution in [-0.2, 0) is 0 Å². The molecule has 0 aromatic rings. The maximum Gasteiger partial charge on any atom is 0.401 e. The third-order valence-corrected chi connectivity index (χ3v) is 2.48. The fourth-order valence-electron chi connectivity index (χ4n) is 1.60. The summed E-state index contributed by atoms with van der Waals surface area (Å²) in [5.74, 6) is 1.03. The Balaban J connectivity index is 0. The van der Waals surface area contributed by atoms with Crippen LogP contribution in [0.15, 0.2) is 0 Å². The van der Waals surface area contributed by atoms with Gasteiger partial charge in [-0.25, -0.2) is 9.59 Å². The molecule has 108 valence electrons. The second kappa shape index (κ2) is 12.9. The summed E-state index contributed by atoms with van der Waals surface area (Å²) in [6.07, 6.45) is 4.40. The molecule has 0 heterocycles. The van der Waals surface area contributed by atoms with Crippen molar-refractivity contribution in [1.29, 1.82) is 0 Å². The van der Waals surface area contributed by atoms with E-state index in [4.69, 9.17) is 30.0 Å². The van der Waals surface area contributed by atoms with Gasteiger partial charge in [-0.05, 0) is 37.5 Å². The van der Waals surface area contributed by atoms with Gasteiger partial charge in [0.25, 0.3) is 0 Å². The second-order valence-corrected chi connectivity index (χ2v) is 4.40. The summed E-state index contributed by atoms with van der Waals surface area (Å²) in [6.45, 7) is 0.663. The molecule has 6 nitrogen and oxygen atoms in total. The quantitative estimate of drug-likeness (QED) is 0.583. The minimum atomic E-state index is -1.36. The minimum absolute atomic E-state index is 0.331. The molecule has 0 spiro atoms. The van der Waals surface area contributed by atoms with Crippen LogP contribution in [0.25, 0.3) is 0 Å². The van der Waals surface area contributed by atoms with Crippen LogP contribution in [0.1, 0.15) is 25.7 Å². The van der Waals surface area contributed by atoms with E-state index in [0.29, 0.717) is 25.0 Å². The van der Waals surface area contributed by atoms with Crippen LogP contribution in [0.5, 0.6) is 0 Å². The van der Waals surface area contributed by atoms with Crippen molar-refractivity contribution in [3.05, 3.63) is 0 Å². The average molecular weight is 305 g/mol. The fourth-order valence-corrected chi connectivity index (χ4v) is 1.60. The Morgan fingerprint density at radius 1 is 0.833 bits per heavy atom. The van der Waals surface area contributed by atoms with Crippen LogP contribution in [0, 0.1) is 11.8 Å². The van der Waals surface area contributed by atoms with E-state index in [1.165, 1.54) is 0 Å². The SMILES string of the molecule is O=C(O)Cl.O=C(O)Cl.OCC1CCC(CO)CC1. The molecule has 0 amide bonds. The molecule has 1 fully saturated rings. The molecule has 0 radical (unpaired) electrons. The van der Waals surface area contributed by atoms with Gasteiger partial charge < -0.3 is 20.4 Å². The zero-order valence-electron chi connectivity index (χ0n) is 9.76. The Labute approximate surface area is 115 Å². The van der Waals surface area contributed by atoms with Crippen molar-refractivity contribution in [3.8, 4) is 0 Å². The van der Waals surface area contributed by atoms with E-state index in [9.17, 15) is 0 Å². The van der Waals surface area contributed by atoms with Crippen LogP contribution in [0.4, 0.5) is 9.59 Å². The molecule has 1 aliphatic rings. The van der Waals surface area contributed by atoms with Gasteiger partial charge in [-0.15, -0.1) is 0 Å². The van der Waals surface area contributed by atoms with E-state index < -0.39 is 10.9 Å². The third kappa shape index (κ3) is 17.8. The number of rotatable bonds is 2. The summed E-state index contributed by atoms with van der Waals surface area (Å²) >= 11 is 8.38. The van der Waals surface area contributed by atoms with Gasteiger partial charge in [-0.2, -0.15) is 0 Å². The molecular formula is C10H18Cl2O6. The molecule has 1 saturated carbocycles. The Morgan fingerprint density at radius 2 is 1.00 bits per heavy atom. The van der Waals surface area contributed by atoms with Gasteiger partial charge >= 0.3 is 10.9 Å². The van der Waals surface area contributed by atoms with Gasteiger partial charge in [0.1, 0.15) is 0 Å². The maximum absolute atomic E-state index is 8.79. The lowest BCUT2D eigenvalue weighted by atomic mass is 9.83. The lowest BCUT2D eigenvalue weighted by Gasteiger charge is -2.25. The largest absolute Gasteiger partial charge is 0.469 e. The molecule has 18 heavy (non-hydrogen) atoms. The number of hydrogen-bond donors (Lipinski definition) is 4. The zero-order valence-corrected chi connectivity index (χ0v) is 11.3. The summed E-state index contributed by atoms with van der Waals surface area (Å²) in [4.78, 5) is 17.5. The number of hydrogen-bond acceptors (Lipinski definition) is 4. The topological polar surface area (TPSA) is 115 Å². The molecule has 0 aromatic carbocycles. The number of aliphatic hydroxyl groups is 2. The van der Waals surface area contributed by atoms with E-state index in [-0.39, 0.29) is 0 Å². The first-order valence-electron chi connectivity index (χ1n) is 5.32. The first kappa shape index (κ1) is 19.8. The molecule has 0 aromatic heterocycles. The monoisotopic (exact) mass is 304 g/mol. The number of aliphatic hydroxyl groups excluding tert-OH is 2. The van der Waals surface area contributed by atoms with Gasteiger partial charge in [0.2, 0.25) is 0 Å². The minimum Gasteiger partial charge on any atom is -0.469 e. The number of carbonyl (C=O) groups is 2. The van der Waals surface area contributed by atoms with E-state index in [2.05, 4.69) is 23.2 Å². The van der Waals surface area contributed by atoms with Crippen molar-refractivity contribution < 1.29 is 30.0 Å². The smallest absolute Gasteiger partial charge is 0.401 e. The van der Waals surface area contributed by atoms with E-state index in [1.807, 2.05) is 0 Å². The molecule has 0 atom stereocenters. The van der Waals surface area contributed by atoms with Crippen molar-refractivity contribution in [2.75, 3.05) is 13.2 Å². The highest BCUT2D eigenvalue weighted by atomic mass is 35.5.